The number of carbonyl (C=O) groups is 1. The van der Waals surface area contributed by atoms with Crippen molar-refractivity contribution in [3.8, 4) is 0 Å². The van der Waals surface area contributed by atoms with E-state index in [4.69, 9.17) is 4.74 Å². The van der Waals surface area contributed by atoms with E-state index in [-0.39, 0.29) is 5.97 Å². The quantitative estimate of drug-likeness (QED) is 0.587. The Balaban J connectivity index is 3.08. The maximum atomic E-state index is 11.6. The average Bonchev–Trinajstić information content (AvgIpc) is 2.20. The topological polar surface area (TPSA) is 26.3 Å². The van der Waals surface area contributed by atoms with Gasteiger partial charge in [0.05, 0.1) is 0 Å². The molecular weight excluding hydrogens is 212 g/mol. The molecule has 0 aliphatic carbocycles. The number of esters is 1. The zero-order valence-electron chi connectivity index (χ0n) is 11.3. The standard InChI is InChI=1S/C15H20O2/c1-10(2)14(16)17-15(5,6)13-9-11(3)7-8-12(13)4/h7-9H,1H2,2-6H3. The van der Waals surface area contributed by atoms with Gasteiger partial charge < -0.3 is 4.74 Å². The van der Waals surface area contributed by atoms with Crippen molar-refractivity contribution in [2.45, 2.75) is 40.2 Å². The maximum absolute atomic E-state index is 11.6. The molecule has 0 amide bonds. The fourth-order valence-corrected chi connectivity index (χ4v) is 1.76. The van der Waals surface area contributed by atoms with Gasteiger partial charge >= 0.3 is 5.97 Å². The van der Waals surface area contributed by atoms with Gasteiger partial charge in [0.25, 0.3) is 0 Å². The van der Waals surface area contributed by atoms with Gasteiger partial charge in [0.1, 0.15) is 5.60 Å². The third-order valence-electron chi connectivity index (χ3n) is 2.74. The molecule has 0 radical (unpaired) electrons. The van der Waals surface area contributed by atoms with Crippen molar-refractivity contribution in [1.82, 2.24) is 0 Å². The largest absolute Gasteiger partial charge is 0.451 e. The minimum Gasteiger partial charge on any atom is -0.451 e. The molecule has 1 rings (SSSR count). The summed E-state index contributed by atoms with van der Waals surface area (Å²) in [6.45, 7) is 13.1. The molecule has 1 aromatic carbocycles. The van der Waals surface area contributed by atoms with E-state index in [1.165, 1.54) is 0 Å². The second kappa shape index (κ2) is 4.74. The minimum atomic E-state index is -0.633. The highest BCUT2D eigenvalue weighted by Crippen LogP contribution is 2.29. The molecule has 0 aromatic heterocycles. The summed E-state index contributed by atoms with van der Waals surface area (Å²) in [7, 11) is 0. The van der Waals surface area contributed by atoms with Crippen LogP contribution in [-0.4, -0.2) is 5.97 Å². The Kier molecular flexibility index (Phi) is 3.76. The zero-order chi connectivity index (χ0) is 13.2. The van der Waals surface area contributed by atoms with E-state index in [0.717, 1.165) is 16.7 Å². The van der Waals surface area contributed by atoms with Gasteiger partial charge in [0, 0.05) is 5.57 Å². The summed E-state index contributed by atoms with van der Waals surface area (Å²) in [5.74, 6) is -0.351. The summed E-state index contributed by atoms with van der Waals surface area (Å²) in [5.41, 5.74) is 3.10. The molecule has 0 fully saturated rings. The highest BCUT2D eigenvalue weighted by atomic mass is 16.6. The summed E-state index contributed by atoms with van der Waals surface area (Å²) in [4.78, 5) is 11.6. The van der Waals surface area contributed by atoms with E-state index >= 15 is 0 Å². The number of aryl methyl sites for hydroxylation is 2. The Morgan fingerprint density at radius 3 is 2.41 bits per heavy atom. The van der Waals surface area contributed by atoms with Crippen LogP contribution in [0, 0.1) is 13.8 Å². The molecule has 0 saturated heterocycles. The first-order valence-corrected chi connectivity index (χ1v) is 5.70. The molecule has 0 bridgehead atoms. The lowest BCUT2D eigenvalue weighted by Crippen LogP contribution is -2.26. The lowest BCUT2D eigenvalue weighted by Gasteiger charge is -2.27. The van der Waals surface area contributed by atoms with Crippen LogP contribution in [0.3, 0.4) is 0 Å². The molecule has 17 heavy (non-hydrogen) atoms. The Hall–Kier alpha value is -1.57. The van der Waals surface area contributed by atoms with Gasteiger partial charge in [0.2, 0.25) is 0 Å². The summed E-state index contributed by atoms with van der Waals surface area (Å²) in [6.07, 6.45) is 0. The molecule has 0 aliphatic rings. The van der Waals surface area contributed by atoms with Crippen molar-refractivity contribution in [1.29, 1.82) is 0 Å². The number of hydrogen-bond acceptors (Lipinski definition) is 2. The third kappa shape index (κ3) is 3.19. The van der Waals surface area contributed by atoms with Crippen molar-refractivity contribution in [3.63, 3.8) is 0 Å². The van der Waals surface area contributed by atoms with Crippen LogP contribution in [0.2, 0.25) is 0 Å². The van der Waals surface area contributed by atoms with Gasteiger partial charge in [-0.2, -0.15) is 0 Å². The van der Waals surface area contributed by atoms with E-state index in [1.54, 1.807) is 6.92 Å². The van der Waals surface area contributed by atoms with Crippen LogP contribution in [0.4, 0.5) is 0 Å². The summed E-state index contributed by atoms with van der Waals surface area (Å²) < 4.78 is 5.48. The first-order chi connectivity index (χ1) is 7.74. The Labute approximate surface area is 103 Å². The first kappa shape index (κ1) is 13.5. The summed E-state index contributed by atoms with van der Waals surface area (Å²) >= 11 is 0. The minimum absolute atomic E-state index is 0.351. The molecule has 0 saturated carbocycles. The Morgan fingerprint density at radius 2 is 1.88 bits per heavy atom. The lowest BCUT2D eigenvalue weighted by atomic mass is 9.92. The summed E-state index contributed by atoms with van der Waals surface area (Å²) in [5, 5.41) is 0. The molecule has 2 nitrogen and oxygen atoms in total. The van der Waals surface area contributed by atoms with Crippen LogP contribution >= 0.6 is 0 Å². The second-order valence-electron chi connectivity index (χ2n) is 5.00. The fourth-order valence-electron chi connectivity index (χ4n) is 1.76. The average molecular weight is 232 g/mol. The third-order valence-corrected chi connectivity index (χ3v) is 2.74. The van der Waals surface area contributed by atoms with Crippen molar-refractivity contribution in [2.75, 3.05) is 0 Å². The van der Waals surface area contributed by atoms with Crippen LogP contribution in [-0.2, 0) is 15.1 Å². The number of ether oxygens (including phenoxy) is 1. The van der Waals surface area contributed by atoms with Gasteiger partial charge in [-0.05, 0) is 45.7 Å². The van der Waals surface area contributed by atoms with Crippen LogP contribution in [0.1, 0.15) is 37.5 Å². The number of rotatable bonds is 3. The van der Waals surface area contributed by atoms with Crippen LogP contribution in [0.25, 0.3) is 0 Å². The predicted octanol–water partition coefficient (Wildman–Crippen LogP) is 3.66. The van der Waals surface area contributed by atoms with Gasteiger partial charge in [-0.1, -0.05) is 30.3 Å². The Bertz CT molecular complexity index is 456. The van der Waals surface area contributed by atoms with E-state index in [2.05, 4.69) is 18.7 Å². The molecule has 1 aromatic rings. The number of hydrogen-bond donors (Lipinski definition) is 0. The molecular formula is C15H20O2. The maximum Gasteiger partial charge on any atom is 0.333 e. The molecule has 0 N–H and O–H groups in total. The van der Waals surface area contributed by atoms with Crippen molar-refractivity contribution in [2.24, 2.45) is 0 Å². The van der Waals surface area contributed by atoms with Gasteiger partial charge in [0.15, 0.2) is 0 Å². The van der Waals surface area contributed by atoms with Crippen molar-refractivity contribution in [3.05, 3.63) is 47.0 Å². The predicted molar refractivity (Wildman–Crippen MR) is 69.8 cm³/mol. The lowest BCUT2D eigenvalue weighted by molar-refractivity contribution is -0.152. The molecule has 0 spiro atoms. The van der Waals surface area contributed by atoms with E-state index in [1.807, 2.05) is 33.8 Å². The smallest absolute Gasteiger partial charge is 0.333 e. The normalized spacial score (nSPS) is 11.1. The molecule has 0 atom stereocenters. The first-order valence-electron chi connectivity index (χ1n) is 5.70. The molecule has 0 aliphatic heterocycles. The van der Waals surface area contributed by atoms with Crippen LogP contribution < -0.4 is 0 Å². The highest BCUT2D eigenvalue weighted by molar-refractivity contribution is 5.87. The molecule has 0 unspecified atom stereocenters. The highest BCUT2D eigenvalue weighted by Gasteiger charge is 2.27. The summed E-state index contributed by atoms with van der Waals surface area (Å²) in [6, 6.07) is 6.15. The Morgan fingerprint density at radius 1 is 1.29 bits per heavy atom. The number of carbonyl (C=O) groups excluding carboxylic acids is 1. The fraction of sp³-hybridized carbons (Fsp3) is 0.400. The van der Waals surface area contributed by atoms with E-state index in [9.17, 15) is 4.79 Å². The zero-order valence-corrected chi connectivity index (χ0v) is 11.3. The molecule has 92 valence electrons. The molecule has 2 heteroatoms. The monoisotopic (exact) mass is 232 g/mol. The van der Waals surface area contributed by atoms with Crippen molar-refractivity contribution < 1.29 is 9.53 Å². The van der Waals surface area contributed by atoms with Crippen LogP contribution in [0.5, 0.6) is 0 Å². The van der Waals surface area contributed by atoms with E-state index < -0.39 is 5.60 Å². The second-order valence-corrected chi connectivity index (χ2v) is 5.00. The van der Waals surface area contributed by atoms with E-state index in [0.29, 0.717) is 5.57 Å². The van der Waals surface area contributed by atoms with Crippen LogP contribution in [0.15, 0.2) is 30.4 Å². The van der Waals surface area contributed by atoms with Gasteiger partial charge in [-0.15, -0.1) is 0 Å². The van der Waals surface area contributed by atoms with Gasteiger partial charge in [-0.25, -0.2) is 4.79 Å². The number of benzene rings is 1. The SMILES string of the molecule is C=C(C)C(=O)OC(C)(C)c1cc(C)ccc1C. The van der Waals surface area contributed by atoms with Gasteiger partial charge in [-0.3, -0.25) is 0 Å². The van der Waals surface area contributed by atoms with Crippen molar-refractivity contribution >= 4 is 5.97 Å². The molecule has 0 heterocycles.